The van der Waals surface area contributed by atoms with Crippen molar-refractivity contribution in [2.45, 2.75) is 45.9 Å². The summed E-state index contributed by atoms with van der Waals surface area (Å²) in [4.78, 5) is 25.8. The first-order chi connectivity index (χ1) is 15.7. The molecule has 34 heavy (non-hydrogen) atoms. The lowest BCUT2D eigenvalue weighted by Crippen LogP contribution is -2.44. The highest BCUT2D eigenvalue weighted by Gasteiger charge is 2.56. The van der Waals surface area contributed by atoms with Gasteiger partial charge in [0.05, 0.1) is 12.0 Å². The van der Waals surface area contributed by atoms with E-state index in [-0.39, 0.29) is 26.7 Å². The first kappa shape index (κ1) is 29.9. The molecule has 2 aromatic rings. The Labute approximate surface area is 207 Å². The van der Waals surface area contributed by atoms with Crippen LogP contribution in [0.2, 0.25) is 10.0 Å². The average molecular weight is 522 g/mol. The van der Waals surface area contributed by atoms with E-state index < -0.39 is 35.5 Å². The highest BCUT2D eigenvalue weighted by atomic mass is 35.5. The quantitative estimate of drug-likeness (QED) is 0.394. The van der Waals surface area contributed by atoms with Crippen LogP contribution >= 0.6 is 23.2 Å². The molecule has 0 aliphatic carbocycles. The maximum absolute atomic E-state index is 13.6. The van der Waals surface area contributed by atoms with Crippen molar-refractivity contribution < 1.29 is 33.0 Å². The minimum absolute atomic E-state index is 0.0840. The molecule has 188 valence electrons. The van der Waals surface area contributed by atoms with E-state index in [1.54, 1.807) is 0 Å². The number of carboxylic acids is 1. The Balaban J connectivity index is 0.000000718. The summed E-state index contributed by atoms with van der Waals surface area (Å²) in [7, 11) is 0. The fourth-order valence-electron chi connectivity index (χ4n) is 3.24. The van der Waals surface area contributed by atoms with Gasteiger partial charge in [-0.05, 0) is 68.0 Å². The number of Topliss-reactive ketones (excluding diaryl/α,β-unsaturated/α-hetero) is 1. The number of hydrogen-bond donors (Lipinski definition) is 2. The van der Waals surface area contributed by atoms with Crippen molar-refractivity contribution in [3.05, 3.63) is 68.7 Å². The third-order valence-corrected chi connectivity index (χ3v) is 5.78. The van der Waals surface area contributed by atoms with Crippen LogP contribution in [0.4, 0.5) is 13.2 Å². The first-order valence-electron chi connectivity index (χ1n) is 10.5. The maximum Gasteiger partial charge on any atom is 0.421 e. The second kappa shape index (κ2) is 12.5. The SMILES string of the molecule is CCN(CC)CC.Cc1cc(C(=O)CC(O)(c2cc(Cl)cc(Cl)c2)C(F)(F)F)ccc1C(=O)O. The number of nitrogens with zero attached hydrogens (tertiary/aromatic N) is 1. The van der Waals surface area contributed by atoms with Gasteiger partial charge in [0.1, 0.15) is 0 Å². The topological polar surface area (TPSA) is 77.8 Å². The van der Waals surface area contributed by atoms with Crippen molar-refractivity contribution in [2.24, 2.45) is 0 Å². The van der Waals surface area contributed by atoms with Crippen LogP contribution in [0.1, 0.15) is 59.0 Å². The van der Waals surface area contributed by atoms with E-state index in [0.717, 1.165) is 30.3 Å². The van der Waals surface area contributed by atoms with E-state index in [0.29, 0.717) is 0 Å². The summed E-state index contributed by atoms with van der Waals surface area (Å²) in [5.41, 5.74) is -4.22. The van der Waals surface area contributed by atoms with Crippen molar-refractivity contribution in [2.75, 3.05) is 19.6 Å². The summed E-state index contributed by atoms with van der Waals surface area (Å²) in [6, 6.07) is 6.33. The van der Waals surface area contributed by atoms with Crippen LogP contribution in [-0.2, 0) is 5.60 Å². The van der Waals surface area contributed by atoms with Gasteiger partial charge in [0.25, 0.3) is 0 Å². The van der Waals surface area contributed by atoms with Crippen LogP contribution in [0.15, 0.2) is 36.4 Å². The summed E-state index contributed by atoms with van der Waals surface area (Å²) in [6.45, 7) is 11.5. The molecule has 10 heteroatoms. The number of aromatic carboxylic acids is 1. The van der Waals surface area contributed by atoms with Crippen LogP contribution in [0, 0.1) is 6.92 Å². The number of carbonyl (C=O) groups is 2. The van der Waals surface area contributed by atoms with Crippen molar-refractivity contribution >= 4 is 35.0 Å². The van der Waals surface area contributed by atoms with Crippen molar-refractivity contribution in [1.82, 2.24) is 4.90 Å². The van der Waals surface area contributed by atoms with Crippen molar-refractivity contribution in [3.63, 3.8) is 0 Å². The van der Waals surface area contributed by atoms with Crippen LogP contribution in [-0.4, -0.2) is 52.7 Å². The van der Waals surface area contributed by atoms with E-state index >= 15 is 0 Å². The molecule has 1 unspecified atom stereocenters. The molecule has 0 amide bonds. The van der Waals surface area contributed by atoms with Crippen molar-refractivity contribution in [1.29, 1.82) is 0 Å². The van der Waals surface area contributed by atoms with Crippen LogP contribution in [0.25, 0.3) is 0 Å². The Morgan fingerprint density at radius 2 is 1.44 bits per heavy atom. The molecule has 2 aromatic carbocycles. The predicted octanol–water partition coefficient (Wildman–Crippen LogP) is 6.37. The Morgan fingerprint density at radius 3 is 1.79 bits per heavy atom. The van der Waals surface area contributed by atoms with Gasteiger partial charge < -0.3 is 15.1 Å². The number of alkyl halides is 3. The normalized spacial score (nSPS) is 13.1. The Kier molecular flexibility index (Phi) is 11.0. The summed E-state index contributed by atoms with van der Waals surface area (Å²) in [5, 5.41) is 19.1. The average Bonchev–Trinajstić information content (AvgIpc) is 2.73. The van der Waals surface area contributed by atoms with Crippen molar-refractivity contribution in [3.8, 4) is 0 Å². The Morgan fingerprint density at radius 1 is 0.941 bits per heavy atom. The van der Waals surface area contributed by atoms with Gasteiger partial charge in [-0.3, -0.25) is 4.79 Å². The van der Waals surface area contributed by atoms with Gasteiger partial charge in [-0.15, -0.1) is 0 Å². The largest absolute Gasteiger partial charge is 0.478 e. The van der Waals surface area contributed by atoms with Gasteiger partial charge in [0.15, 0.2) is 11.4 Å². The maximum atomic E-state index is 13.6. The molecule has 0 spiro atoms. The third kappa shape index (κ3) is 7.70. The van der Waals surface area contributed by atoms with Crippen LogP contribution in [0.3, 0.4) is 0 Å². The summed E-state index contributed by atoms with van der Waals surface area (Å²) in [6.07, 6.45) is -6.51. The highest BCUT2D eigenvalue weighted by Crippen LogP contribution is 2.43. The van der Waals surface area contributed by atoms with Crippen LogP contribution in [0.5, 0.6) is 0 Å². The second-order valence-corrected chi connectivity index (χ2v) is 8.44. The van der Waals surface area contributed by atoms with Gasteiger partial charge in [0, 0.05) is 15.6 Å². The van der Waals surface area contributed by atoms with Gasteiger partial charge >= 0.3 is 12.1 Å². The molecular formula is C24H28Cl2F3NO4. The Hall–Kier alpha value is -2.13. The van der Waals surface area contributed by atoms with Gasteiger partial charge in [-0.2, -0.15) is 13.2 Å². The van der Waals surface area contributed by atoms with E-state index in [1.807, 2.05) is 0 Å². The highest BCUT2D eigenvalue weighted by molar-refractivity contribution is 6.34. The number of carbonyl (C=O) groups excluding carboxylic acids is 1. The zero-order valence-electron chi connectivity index (χ0n) is 19.3. The minimum atomic E-state index is -5.19. The smallest absolute Gasteiger partial charge is 0.421 e. The zero-order chi connectivity index (χ0) is 26.3. The number of aryl methyl sites for hydroxylation is 1. The number of benzene rings is 2. The third-order valence-electron chi connectivity index (χ3n) is 5.35. The van der Waals surface area contributed by atoms with E-state index in [4.69, 9.17) is 28.3 Å². The number of carboxylic acid groups (broad SMARTS) is 1. The molecule has 2 N–H and O–H groups in total. The number of hydrogen-bond acceptors (Lipinski definition) is 4. The molecule has 0 bridgehead atoms. The molecular weight excluding hydrogens is 494 g/mol. The zero-order valence-corrected chi connectivity index (χ0v) is 20.9. The fourth-order valence-corrected chi connectivity index (χ4v) is 3.77. The lowest BCUT2D eigenvalue weighted by atomic mass is 9.86. The lowest BCUT2D eigenvalue weighted by molar-refractivity contribution is -0.264. The number of halogens is 5. The molecule has 0 aliphatic rings. The standard InChI is InChI=1S/C18H13Cl2F3O4.C6H15N/c1-9-4-10(2-3-14(9)16(25)26)15(24)8-17(27,18(21,22)23)11-5-12(19)7-13(20)6-11;1-4-7(5-2)6-3/h2-7,27H,8H2,1H3,(H,25,26);4-6H2,1-3H3. The lowest BCUT2D eigenvalue weighted by Gasteiger charge is -2.30. The summed E-state index contributed by atoms with van der Waals surface area (Å²) < 4.78 is 40.8. The minimum Gasteiger partial charge on any atom is -0.478 e. The molecule has 1 atom stereocenters. The molecule has 5 nitrogen and oxygen atoms in total. The number of rotatable bonds is 8. The predicted molar refractivity (Wildman–Crippen MR) is 127 cm³/mol. The van der Waals surface area contributed by atoms with E-state index in [2.05, 4.69) is 25.7 Å². The fraction of sp³-hybridized carbons (Fsp3) is 0.417. The molecule has 0 radical (unpaired) electrons. The summed E-state index contributed by atoms with van der Waals surface area (Å²) >= 11 is 11.4. The van der Waals surface area contributed by atoms with Gasteiger partial charge in [0.2, 0.25) is 0 Å². The second-order valence-electron chi connectivity index (χ2n) is 7.57. The molecule has 0 saturated heterocycles. The number of ketones is 1. The monoisotopic (exact) mass is 521 g/mol. The molecule has 0 aromatic heterocycles. The molecule has 0 fully saturated rings. The van der Waals surface area contributed by atoms with E-state index in [9.17, 15) is 27.9 Å². The van der Waals surface area contributed by atoms with E-state index in [1.165, 1.54) is 32.6 Å². The summed E-state index contributed by atoms with van der Waals surface area (Å²) in [5.74, 6) is -2.25. The molecule has 0 aliphatic heterocycles. The Bertz CT molecular complexity index is 984. The molecule has 0 heterocycles. The first-order valence-corrected chi connectivity index (χ1v) is 11.3. The number of aliphatic hydroxyl groups is 1. The van der Waals surface area contributed by atoms with Gasteiger partial charge in [-0.1, -0.05) is 50.0 Å². The molecule has 0 saturated carbocycles. The van der Waals surface area contributed by atoms with Crippen LogP contribution < -0.4 is 0 Å². The van der Waals surface area contributed by atoms with Gasteiger partial charge in [-0.25, -0.2) is 4.79 Å². The molecule has 2 rings (SSSR count).